The molecule has 0 aromatic carbocycles. The van der Waals surface area contributed by atoms with Gasteiger partial charge in [0.15, 0.2) is 0 Å². The molecule has 0 aliphatic rings. The van der Waals surface area contributed by atoms with Gasteiger partial charge in [-0.15, -0.1) is 11.8 Å². The maximum Gasteiger partial charge on any atom is 0.0214 e. The van der Waals surface area contributed by atoms with E-state index in [0.29, 0.717) is 0 Å². The summed E-state index contributed by atoms with van der Waals surface area (Å²) in [6.45, 7) is 8.71. The fourth-order valence-corrected chi connectivity index (χ4v) is 1.56. The smallest absolute Gasteiger partial charge is 0.0214 e. The zero-order valence-electron chi connectivity index (χ0n) is 10.7. The van der Waals surface area contributed by atoms with Crippen LogP contribution in [0.5, 0.6) is 0 Å². The molecule has 1 heteroatoms. The van der Waals surface area contributed by atoms with Gasteiger partial charge >= 0.3 is 0 Å². The summed E-state index contributed by atoms with van der Waals surface area (Å²) < 4.78 is 0. The third kappa shape index (κ3) is 13.5. The first-order chi connectivity index (χ1) is 7.27. The van der Waals surface area contributed by atoms with Crippen LogP contribution in [-0.4, -0.2) is 13.1 Å². The predicted octanol–water partition coefficient (Wildman–Crippen LogP) is 3.60. The quantitative estimate of drug-likeness (QED) is 0.452. The standard InChI is InChI=1S/C14H27N/c1-4-5-9-12-15-13-10-7-6-8-11-14(2)3/h14-15H,6-13H2,1-3H3. The van der Waals surface area contributed by atoms with E-state index in [1.807, 2.05) is 6.92 Å². The number of nitrogens with one attached hydrogen (secondary N) is 1. The van der Waals surface area contributed by atoms with E-state index >= 15 is 0 Å². The Kier molecular flexibility index (Phi) is 11.2. The lowest BCUT2D eigenvalue weighted by molar-refractivity contribution is 0.513. The van der Waals surface area contributed by atoms with Crippen molar-refractivity contribution in [2.45, 2.75) is 59.3 Å². The minimum Gasteiger partial charge on any atom is -0.316 e. The SMILES string of the molecule is CC#CCCNCCCCCCC(C)C. The van der Waals surface area contributed by atoms with Crippen LogP contribution in [0.2, 0.25) is 0 Å². The normalized spacial score (nSPS) is 10.1. The van der Waals surface area contributed by atoms with E-state index in [0.717, 1.165) is 25.4 Å². The highest BCUT2D eigenvalue weighted by Gasteiger charge is 1.94. The summed E-state index contributed by atoms with van der Waals surface area (Å²) in [6, 6.07) is 0. The third-order valence-electron chi connectivity index (χ3n) is 2.49. The van der Waals surface area contributed by atoms with E-state index in [2.05, 4.69) is 31.0 Å². The van der Waals surface area contributed by atoms with Gasteiger partial charge in [-0.3, -0.25) is 0 Å². The second-order valence-corrected chi connectivity index (χ2v) is 4.52. The molecule has 0 aliphatic heterocycles. The van der Waals surface area contributed by atoms with Crippen LogP contribution in [0.3, 0.4) is 0 Å². The van der Waals surface area contributed by atoms with Gasteiger partial charge in [0.1, 0.15) is 0 Å². The Bertz CT molecular complexity index is 174. The van der Waals surface area contributed by atoms with Crippen LogP contribution in [-0.2, 0) is 0 Å². The van der Waals surface area contributed by atoms with Crippen LogP contribution >= 0.6 is 0 Å². The summed E-state index contributed by atoms with van der Waals surface area (Å²) >= 11 is 0. The summed E-state index contributed by atoms with van der Waals surface area (Å²) in [6.07, 6.45) is 7.87. The van der Waals surface area contributed by atoms with Gasteiger partial charge in [0, 0.05) is 13.0 Å². The average molecular weight is 209 g/mol. The van der Waals surface area contributed by atoms with Gasteiger partial charge in [0.05, 0.1) is 0 Å². The zero-order valence-corrected chi connectivity index (χ0v) is 10.7. The maximum absolute atomic E-state index is 3.42. The first-order valence-corrected chi connectivity index (χ1v) is 6.37. The van der Waals surface area contributed by atoms with Crippen LogP contribution in [0, 0.1) is 17.8 Å². The molecule has 0 rings (SSSR count). The van der Waals surface area contributed by atoms with E-state index in [-0.39, 0.29) is 0 Å². The lowest BCUT2D eigenvalue weighted by atomic mass is 10.0. The molecule has 0 atom stereocenters. The number of hydrogen-bond donors (Lipinski definition) is 1. The van der Waals surface area contributed by atoms with Crippen molar-refractivity contribution in [1.82, 2.24) is 5.32 Å². The number of hydrogen-bond acceptors (Lipinski definition) is 1. The van der Waals surface area contributed by atoms with Crippen molar-refractivity contribution in [1.29, 1.82) is 0 Å². The van der Waals surface area contributed by atoms with Crippen molar-refractivity contribution >= 4 is 0 Å². The van der Waals surface area contributed by atoms with Crippen LogP contribution in [0.25, 0.3) is 0 Å². The van der Waals surface area contributed by atoms with Crippen molar-refractivity contribution in [3.63, 3.8) is 0 Å². The molecule has 1 N–H and O–H groups in total. The Morgan fingerprint density at radius 1 is 1.00 bits per heavy atom. The minimum atomic E-state index is 0.871. The number of unbranched alkanes of at least 4 members (excludes halogenated alkanes) is 3. The van der Waals surface area contributed by atoms with Crippen LogP contribution in [0.4, 0.5) is 0 Å². The summed E-state index contributed by atoms with van der Waals surface area (Å²) in [5, 5.41) is 3.42. The molecule has 88 valence electrons. The Hall–Kier alpha value is -0.480. The molecule has 0 aromatic rings. The summed E-state index contributed by atoms with van der Waals surface area (Å²) in [7, 11) is 0. The van der Waals surface area contributed by atoms with Crippen molar-refractivity contribution in [2.75, 3.05) is 13.1 Å². The Morgan fingerprint density at radius 3 is 2.40 bits per heavy atom. The van der Waals surface area contributed by atoms with E-state index in [4.69, 9.17) is 0 Å². The highest BCUT2D eigenvalue weighted by Crippen LogP contribution is 2.08. The molecule has 0 heterocycles. The van der Waals surface area contributed by atoms with Gasteiger partial charge in [-0.25, -0.2) is 0 Å². The summed E-state index contributed by atoms with van der Waals surface area (Å²) in [5.41, 5.74) is 0. The van der Waals surface area contributed by atoms with Crippen LogP contribution in [0.1, 0.15) is 59.3 Å². The first kappa shape index (κ1) is 14.5. The van der Waals surface area contributed by atoms with Crippen molar-refractivity contribution in [3.8, 4) is 11.8 Å². The molecule has 1 nitrogen and oxygen atoms in total. The average Bonchev–Trinajstić information content (AvgIpc) is 2.20. The fraction of sp³-hybridized carbons (Fsp3) is 0.857. The van der Waals surface area contributed by atoms with E-state index in [9.17, 15) is 0 Å². The molecule has 0 unspecified atom stereocenters. The van der Waals surface area contributed by atoms with Crippen molar-refractivity contribution in [2.24, 2.45) is 5.92 Å². The molecule has 15 heavy (non-hydrogen) atoms. The molecular formula is C14H27N. The fourth-order valence-electron chi connectivity index (χ4n) is 1.56. The van der Waals surface area contributed by atoms with Gasteiger partial charge in [-0.05, 0) is 25.8 Å². The molecule has 0 fully saturated rings. The molecule has 0 saturated heterocycles. The lowest BCUT2D eigenvalue weighted by Crippen LogP contribution is -2.16. The third-order valence-corrected chi connectivity index (χ3v) is 2.49. The van der Waals surface area contributed by atoms with E-state index < -0.39 is 0 Å². The first-order valence-electron chi connectivity index (χ1n) is 6.37. The van der Waals surface area contributed by atoms with E-state index in [1.54, 1.807) is 0 Å². The Labute approximate surface area is 96.0 Å². The summed E-state index contributed by atoms with van der Waals surface area (Å²) in [4.78, 5) is 0. The molecule has 0 bridgehead atoms. The summed E-state index contributed by atoms with van der Waals surface area (Å²) in [5.74, 6) is 6.84. The molecule has 0 amide bonds. The topological polar surface area (TPSA) is 12.0 Å². The highest BCUT2D eigenvalue weighted by atomic mass is 14.8. The highest BCUT2D eigenvalue weighted by molar-refractivity contribution is 4.94. The molecule has 0 aromatic heterocycles. The van der Waals surface area contributed by atoms with Crippen LogP contribution in [0.15, 0.2) is 0 Å². The molecule has 0 aliphatic carbocycles. The monoisotopic (exact) mass is 209 g/mol. The second kappa shape index (κ2) is 11.6. The maximum atomic E-state index is 3.42. The van der Waals surface area contributed by atoms with Gasteiger partial charge in [0.2, 0.25) is 0 Å². The molecule has 0 spiro atoms. The zero-order chi connectivity index (χ0) is 11.4. The predicted molar refractivity (Wildman–Crippen MR) is 68.9 cm³/mol. The van der Waals surface area contributed by atoms with Gasteiger partial charge in [-0.2, -0.15) is 0 Å². The van der Waals surface area contributed by atoms with Gasteiger partial charge in [-0.1, -0.05) is 39.5 Å². The van der Waals surface area contributed by atoms with E-state index in [1.165, 1.54) is 32.1 Å². The van der Waals surface area contributed by atoms with Crippen molar-refractivity contribution in [3.05, 3.63) is 0 Å². The lowest BCUT2D eigenvalue weighted by Gasteiger charge is -2.04. The molecule has 0 saturated carbocycles. The molecular weight excluding hydrogens is 182 g/mol. The van der Waals surface area contributed by atoms with Crippen LogP contribution < -0.4 is 5.32 Å². The Morgan fingerprint density at radius 2 is 1.73 bits per heavy atom. The van der Waals surface area contributed by atoms with Gasteiger partial charge in [0.25, 0.3) is 0 Å². The Balaban J connectivity index is 2.95. The number of rotatable bonds is 9. The minimum absolute atomic E-state index is 0.871. The molecule has 0 radical (unpaired) electrons. The largest absolute Gasteiger partial charge is 0.316 e. The van der Waals surface area contributed by atoms with Crippen molar-refractivity contribution < 1.29 is 0 Å². The van der Waals surface area contributed by atoms with Gasteiger partial charge < -0.3 is 5.32 Å². The second-order valence-electron chi connectivity index (χ2n) is 4.52.